The summed E-state index contributed by atoms with van der Waals surface area (Å²) in [6.07, 6.45) is 0.286. The van der Waals surface area contributed by atoms with Crippen LogP contribution >= 0.6 is 0 Å². The molecule has 0 atom stereocenters. The van der Waals surface area contributed by atoms with Crippen LogP contribution in [0, 0.1) is 0 Å². The predicted molar refractivity (Wildman–Crippen MR) is 156 cm³/mol. The third-order valence-corrected chi connectivity index (χ3v) is 6.88. The maximum absolute atomic E-state index is 12.7. The van der Waals surface area contributed by atoms with Crippen LogP contribution in [0.1, 0.15) is 0 Å². The monoisotopic (exact) mass is 569 g/mol. The minimum absolute atomic E-state index is 0.0763. The van der Waals surface area contributed by atoms with Crippen LogP contribution in [0.2, 0.25) is 0 Å². The average Bonchev–Trinajstić information content (AvgIpc) is 3.41. The van der Waals surface area contributed by atoms with Crippen molar-refractivity contribution in [3.63, 3.8) is 0 Å². The summed E-state index contributed by atoms with van der Waals surface area (Å²) in [4.78, 5) is 35.7. The topological polar surface area (TPSA) is 164 Å². The molecule has 13 nitrogen and oxygen atoms in total. The number of carbonyl (C=O) groups is 2. The lowest BCUT2D eigenvalue weighted by atomic mass is 10.1. The average molecular weight is 570 g/mol. The number of ether oxygens (including phenoxy) is 2. The van der Waals surface area contributed by atoms with E-state index in [0.717, 1.165) is 4.68 Å². The second kappa shape index (κ2) is 11.3. The summed E-state index contributed by atoms with van der Waals surface area (Å²) < 4.78 is 11.6. The molecule has 3 heterocycles. The fourth-order valence-electron chi connectivity index (χ4n) is 4.83. The van der Waals surface area contributed by atoms with Gasteiger partial charge in [0.2, 0.25) is 5.91 Å². The lowest BCUT2D eigenvalue weighted by Crippen LogP contribution is -2.41. The molecule has 5 aromatic rings. The zero-order chi connectivity index (χ0) is 29.2. The van der Waals surface area contributed by atoms with Crippen LogP contribution in [0.25, 0.3) is 33.2 Å². The zero-order valence-electron chi connectivity index (χ0n) is 22.6. The summed E-state index contributed by atoms with van der Waals surface area (Å²) in [6, 6.07) is 15.5. The molecule has 2 aromatic heterocycles. The van der Waals surface area contributed by atoms with Crippen molar-refractivity contribution < 1.29 is 29.3 Å². The summed E-state index contributed by atoms with van der Waals surface area (Å²) in [5.74, 6) is 0.830. The maximum Gasteiger partial charge on any atom is 0.432 e. The van der Waals surface area contributed by atoms with Gasteiger partial charge < -0.3 is 30.3 Å². The van der Waals surface area contributed by atoms with Crippen molar-refractivity contribution in [3.8, 4) is 22.9 Å². The third kappa shape index (κ3) is 5.50. The number of nitrogens with zero attached hydrogens (tertiary/aromatic N) is 5. The van der Waals surface area contributed by atoms with Crippen LogP contribution in [0.15, 0.2) is 60.8 Å². The SMILES string of the molecule is COc1cc2nc(-c3cccc(NC(=O)CN4CCOCC4)c3)nc(Nc3ccc4c(cnn4C(=O)O)c3)c2cc1O. The standard InChI is InChI=1S/C29H27N7O6/c1-41-25-14-22-21(13-24(25)37)28(32-20-5-6-23-18(12-20)15-30-36(23)29(39)40)34-27(33-22)17-3-2-4-19(11-17)31-26(38)16-35-7-9-42-10-8-35/h2-6,11-15,37H,7-10,16H2,1H3,(H,31,38)(H,39,40)(H,32,33,34). The van der Waals surface area contributed by atoms with Gasteiger partial charge in [-0.2, -0.15) is 9.78 Å². The Kier molecular flexibility index (Phi) is 7.25. The number of hydrogen-bond acceptors (Lipinski definition) is 10. The minimum atomic E-state index is -1.18. The van der Waals surface area contributed by atoms with E-state index in [9.17, 15) is 19.8 Å². The molecule has 0 bridgehead atoms. The number of carboxylic acid groups (broad SMARTS) is 1. The maximum atomic E-state index is 12.7. The first kappa shape index (κ1) is 26.9. The summed E-state index contributed by atoms with van der Waals surface area (Å²) in [6.45, 7) is 2.92. The van der Waals surface area contributed by atoms with Crippen LogP contribution in [0.4, 0.5) is 22.0 Å². The lowest BCUT2D eigenvalue weighted by molar-refractivity contribution is -0.118. The number of benzene rings is 3. The molecule has 214 valence electrons. The van der Waals surface area contributed by atoms with Gasteiger partial charge in [0.05, 0.1) is 44.1 Å². The van der Waals surface area contributed by atoms with Crippen molar-refractivity contribution in [2.45, 2.75) is 0 Å². The van der Waals surface area contributed by atoms with Gasteiger partial charge in [-0.05, 0) is 36.4 Å². The number of methoxy groups -OCH3 is 1. The van der Waals surface area contributed by atoms with E-state index in [1.54, 1.807) is 36.4 Å². The van der Waals surface area contributed by atoms with Crippen molar-refractivity contribution in [1.29, 1.82) is 0 Å². The van der Waals surface area contributed by atoms with Gasteiger partial charge in [0.1, 0.15) is 5.82 Å². The summed E-state index contributed by atoms with van der Waals surface area (Å²) in [5.41, 5.74) is 2.84. The van der Waals surface area contributed by atoms with E-state index in [-0.39, 0.29) is 24.0 Å². The van der Waals surface area contributed by atoms with Crippen LogP contribution < -0.4 is 15.4 Å². The smallest absolute Gasteiger partial charge is 0.432 e. The highest BCUT2D eigenvalue weighted by Crippen LogP contribution is 2.36. The number of aromatic nitrogens is 4. The Labute approximate surface area is 239 Å². The Hall–Kier alpha value is -5.27. The van der Waals surface area contributed by atoms with Crippen molar-refractivity contribution in [2.75, 3.05) is 50.6 Å². The molecule has 0 saturated carbocycles. The molecule has 1 amide bonds. The highest BCUT2D eigenvalue weighted by Gasteiger charge is 2.17. The summed E-state index contributed by atoms with van der Waals surface area (Å²) >= 11 is 0. The number of anilines is 3. The van der Waals surface area contributed by atoms with Crippen molar-refractivity contribution in [1.82, 2.24) is 24.6 Å². The molecule has 1 aliphatic rings. The number of aromatic hydroxyl groups is 1. The van der Waals surface area contributed by atoms with Crippen molar-refractivity contribution >= 4 is 51.0 Å². The molecular weight excluding hydrogens is 542 g/mol. The van der Waals surface area contributed by atoms with Gasteiger partial charge in [-0.15, -0.1) is 0 Å². The fraction of sp³-hybridized carbons (Fsp3) is 0.207. The zero-order valence-corrected chi connectivity index (χ0v) is 22.6. The number of hydrogen-bond donors (Lipinski definition) is 4. The number of nitrogens with one attached hydrogen (secondary N) is 2. The second-order valence-electron chi connectivity index (χ2n) is 9.69. The normalized spacial score (nSPS) is 13.7. The van der Waals surface area contributed by atoms with Gasteiger partial charge in [0.15, 0.2) is 17.3 Å². The molecular formula is C29H27N7O6. The Morgan fingerprint density at radius 3 is 2.67 bits per heavy atom. The highest BCUT2D eigenvalue weighted by atomic mass is 16.5. The number of phenols is 1. The van der Waals surface area contributed by atoms with Crippen LogP contribution in [-0.4, -0.2) is 86.8 Å². The van der Waals surface area contributed by atoms with Crippen LogP contribution in [0.5, 0.6) is 11.5 Å². The van der Waals surface area contributed by atoms with E-state index < -0.39 is 6.09 Å². The quantitative estimate of drug-likeness (QED) is 0.225. The Balaban J connectivity index is 1.34. The fourth-order valence-corrected chi connectivity index (χ4v) is 4.83. The van der Waals surface area contributed by atoms with Gasteiger partial charge >= 0.3 is 6.09 Å². The molecule has 6 rings (SSSR count). The number of phenolic OH excluding ortho intramolecular Hbond substituents is 1. The first-order valence-corrected chi connectivity index (χ1v) is 13.2. The Morgan fingerprint density at radius 2 is 1.88 bits per heavy atom. The van der Waals surface area contributed by atoms with E-state index in [0.29, 0.717) is 76.7 Å². The first-order chi connectivity index (χ1) is 20.4. The molecule has 1 saturated heterocycles. The molecule has 4 N–H and O–H groups in total. The lowest BCUT2D eigenvalue weighted by Gasteiger charge is -2.25. The first-order valence-electron chi connectivity index (χ1n) is 13.2. The molecule has 0 aliphatic carbocycles. The molecule has 3 aromatic carbocycles. The van der Waals surface area contributed by atoms with Crippen molar-refractivity contribution in [2.24, 2.45) is 0 Å². The second-order valence-corrected chi connectivity index (χ2v) is 9.69. The Morgan fingerprint density at radius 1 is 1.05 bits per heavy atom. The largest absolute Gasteiger partial charge is 0.504 e. The summed E-state index contributed by atoms with van der Waals surface area (Å²) in [5, 5.41) is 31.1. The van der Waals surface area contributed by atoms with E-state index in [1.165, 1.54) is 19.4 Å². The molecule has 0 radical (unpaired) electrons. The molecule has 1 aliphatic heterocycles. The predicted octanol–water partition coefficient (Wildman–Crippen LogP) is 3.90. The number of carbonyl (C=O) groups excluding carboxylic acids is 1. The number of fused-ring (bicyclic) bond motifs is 2. The molecule has 1 fully saturated rings. The van der Waals surface area contributed by atoms with E-state index in [2.05, 4.69) is 15.7 Å². The molecule has 13 heteroatoms. The third-order valence-electron chi connectivity index (χ3n) is 6.88. The number of rotatable bonds is 7. The number of amides is 1. The highest BCUT2D eigenvalue weighted by molar-refractivity contribution is 5.96. The van der Waals surface area contributed by atoms with Gasteiger partial charge in [-0.1, -0.05) is 12.1 Å². The van der Waals surface area contributed by atoms with Crippen LogP contribution in [0.3, 0.4) is 0 Å². The number of morpholine rings is 1. The molecule has 42 heavy (non-hydrogen) atoms. The van der Waals surface area contributed by atoms with E-state index in [1.807, 2.05) is 17.0 Å². The van der Waals surface area contributed by atoms with E-state index >= 15 is 0 Å². The van der Waals surface area contributed by atoms with Gasteiger partial charge in [-0.25, -0.2) is 14.8 Å². The minimum Gasteiger partial charge on any atom is -0.504 e. The molecule has 0 spiro atoms. The van der Waals surface area contributed by atoms with Gasteiger partial charge in [-0.3, -0.25) is 9.69 Å². The molecule has 0 unspecified atom stereocenters. The van der Waals surface area contributed by atoms with Gasteiger partial charge in [0, 0.05) is 46.9 Å². The Bertz CT molecular complexity index is 1820. The van der Waals surface area contributed by atoms with Gasteiger partial charge in [0.25, 0.3) is 0 Å². The van der Waals surface area contributed by atoms with Crippen molar-refractivity contribution in [3.05, 3.63) is 60.8 Å². The van der Waals surface area contributed by atoms with Crippen LogP contribution in [-0.2, 0) is 9.53 Å². The van der Waals surface area contributed by atoms with E-state index in [4.69, 9.17) is 19.4 Å². The summed E-state index contributed by atoms with van der Waals surface area (Å²) in [7, 11) is 1.46.